The van der Waals surface area contributed by atoms with Crippen molar-refractivity contribution in [1.82, 2.24) is 10.6 Å². The summed E-state index contributed by atoms with van der Waals surface area (Å²) >= 11 is 0. The van der Waals surface area contributed by atoms with Crippen molar-refractivity contribution in [2.24, 2.45) is 4.99 Å². The van der Waals surface area contributed by atoms with Crippen LogP contribution in [0.5, 0.6) is 5.75 Å². The standard InChI is InChI=1S/C19H23N3O3/c1-20-19(22-13-15-5-4-6-17(11-15)24-2)21-12-14-7-9-16(10-8-14)18(23)25-3/h4-11H,12-13H2,1-3H3,(H2,20,21,22). The van der Waals surface area contributed by atoms with E-state index < -0.39 is 0 Å². The van der Waals surface area contributed by atoms with E-state index in [1.54, 1.807) is 26.3 Å². The number of rotatable bonds is 6. The Bertz CT molecular complexity index is 727. The second kappa shape index (κ2) is 9.32. The Balaban J connectivity index is 1.86. The van der Waals surface area contributed by atoms with Crippen LogP contribution < -0.4 is 15.4 Å². The quantitative estimate of drug-likeness (QED) is 0.479. The highest BCUT2D eigenvalue weighted by Gasteiger charge is 2.05. The summed E-state index contributed by atoms with van der Waals surface area (Å²) in [6.07, 6.45) is 0. The van der Waals surface area contributed by atoms with E-state index in [2.05, 4.69) is 20.4 Å². The number of nitrogens with zero attached hydrogens (tertiary/aromatic N) is 1. The van der Waals surface area contributed by atoms with Gasteiger partial charge in [-0.3, -0.25) is 4.99 Å². The number of esters is 1. The predicted molar refractivity (Wildman–Crippen MR) is 97.8 cm³/mol. The first-order valence-corrected chi connectivity index (χ1v) is 7.91. The van der Waals surface area contributed by atoms with E-state index in [0.29, 0.717) is 24.6 Å². The Kier molecular flexibility index (Phi) is 6.83. The number of guanidine groups is 1. The molecular formula is C19H23N3O3. The van der Waals surface area contributed by atoms with Crippen LogP contribution >= 0.6 is 0 Å². The number of methoxy groups -OCH3 is 2. The molecule has 0 bridgehead atoms. The summed E-state index contributed by atoms with van der Waals surface area (Å²) in [5.41, 5.74) is 2.67. The Labute approximate surface area is 147 Å². The topological polar surface area (TPSA) is 72.0 Å². The van der Waals surface area contributed by atoms with E-state index in [1.165, 1.54) is 7.11 Å². The third-order valence-corrected chi connectivity index (χ3v) is 3.65. The number of carbonyl (C=O) groups is 1. The highest BCUT2D eigenvalue weighted by atomic mass is 16.5. The highest BCUT2D eigenvalue weighted by Crippen LogP contribution is 2.12. The van der Waals surface area contributed by atoms with Gasteiger partial charge in [-0.1, -0.05) is 24.3 Å². The van der Waals surface area contributed by atoms with Gasteiger partial charge < -0.3 is 20.1 Å². The van der Waals surface area contributed by atoms with Gasteiger partial charge in [-0.2, -0.15) is 0 Å². The molecule has 6 heteroatoms. The van der Waals surface area contributed by atoms with Crippen molar-refractivity contribution in [3.8, 4) is 5.75 Å². The molecule has 0 radical (unpaired) electrons. The third-order valence-electron chi connectivity index (χ3n) is 3.65. The molecule has 0 heterocycles. The van der Waals surface area contributed by atoms with Crippen molar-refractivity contribution >= 4 is 11.9 Å². The van der Waals surface area contributed by atoms with Gasteiger partial charge in [0.15, 0.2) is 5.96 Å². The Morgan fingerprint density at radius 3 is 2.28 bits per heavy atom. The highest BCUT2D eigenvalue weighted by molar-refractivity contribution is 5.89. The van der Waals surface area contributed by atoms with Crippen LogP contribution in [0.2, 0.25) is 0 Å². The van der Waals surface area contributed by atoms with Gasteiger partial charge in [-0.15, -0.1) is 0 Å². The summed E-state index contributed by atoms with van der Waals surface area (Å²) < 4.78 is 9.91. The van der Waals surface area contributed by atoms with E-state index >= 15 is 0 Å². The molecule has 0 spiro atoms. The van der Waals surface area contributed by atoms with Crippen LogP contribution in [0.1, 0.15) is 21.5 Å². The monoisotopic (exact) mass is 341 g/mol. The average Bonchev–Trinajstić information content (AvgIpc) is 2.68. The molecular weight excluding hydrogens is 318 g/mol. The maximum atomic E-state index is 11.4. The molecule has 0 saturated carbocycles. The molecule has 0 atom stereocenters. The zero-order valence-corrected chi connectivity index (χ0v) is 14.7. The van der Waals surface area contributed by atoms with Gasteiger partial charge in [-0.25, -0.2) is 4.79 Å². The van der Waals surface area contributed by atoms with Gasteiger partial charge in [0.2, 0.25) is 0 Å². The van der Waals surface area contributed by atoms with Gasteiger partial charge in [0, 0.05) is 20.1 Å². The van der Waals surface area contributed by atoms with Crippen LogP contribution in [0.4, 0.5) is 0 Å². The molecule has 0 aliphatic rings. The molecule has 0 unspecified atom stereocenters. The minimum Gasteiger partial charge on any atom is -0.497 e. The summed E-state index contributed by atoms with van der Waals surface area (Å²) in [5, 5.41) is 6.49. The summed E-state index contributed by atoms with van der Waals surface area (Å²) in [4.78, 5) is 15.6. The molecule has 0 aliphatic carbocycles. The zero-order valence-electron chi connectivity index (χ0n) is 14.7. The number of hydrogen-bond acceptors (Lipinski definition) is 4. The molecule has 2 rings (SSSR count). The number of aliphatic imine (C=N–C) groups is 1. The average molecular weight is 341 g/mol. The van der Waals surface area contributed by atoms with Crippen molar-refractivity contribution in [3.05, 3.63) is 65.2 Å². The summed E-state index contributed by atoms with van der Waals surface area (Å²) in [5.74, 6) is 1.18. The Morgan fingerprint density at radius 1 is 1.00 bits per heavy atom. The summed E-state index contributed by atoms with van der Waals surface area (Å²) in [6, 6.07) is 15.1. The minimum absolute atomic E-state index is 0.338. The number of benzene rings is 2. The Morgan fingerprint density at radius 2 is 1.68 bits per heavy atom. The second-order valence-electron chi connectivity index (χ2n) is 5.32. The summed E-state index contributed by atoms with van der Waals surface area (Å²) in [6.45, 7) is 1.23. The van der Waals surface area contributed by atoms with Gasteiger partial charge in [-0.05, 0) is 35.4 Å². The fourth-order valence-corrected chi connectivity index (χ4v) is 2.25. The maximum absolute atomic E-state index is 11.4. The predicted octanol–water partition coefficient (Wildman–Crippen LogP) is 2.35. The maximum Gasteiger partial charge on any atom is 0.337 e. The molecule has 0 aromatic heterocycles. The first kappa shape index (κ1) is 18.3. The molecule has 2 aromatic carbocycles. The first-order chi connectivity index (χ1) is 12.2. The molecule has 0 fully saturated rings. The molecule has 0 aliphatic heterocycles. The number of ether oxygens (including phenoxy) is 2. The number of carbonyl (C=O) groups excluding carboxylic acids is 1. The van der Waals surface area contributed by atoms with E-state index in [0.717, 1.165) is 16.9 Å². The van der Waals surface area contributed by atoms with Gasteiger partial charge >= 0.3 is 5.97 Å². The minimum atomic E-state index is -0.338. The third kappa shape index (κ3) is 5.53. The molecule has 2 aromatic rings. The lowest BCUT2D eigenvalue weighted by molar-refractivity contribution is 0.0600. The molecule has 0 amide bonds. The van der Waals surface area contributed by atoms with Crippen LogP contribution in [0.3, 0.4) is 0 Å². The van der Waals surface area contributed by atoms with Gasteiger partial charge in [0.25, 0.3) is 0 Å². The fourth-order valence-electron chi connectivity index (χ4n) is 2.25. The molecule has 25 heavy (non-hydrogen) atoms. The first-order valence-electron chi connectivity index (χ1n) is 7.91. The normalized spacial score (nSPS) is 10.9. The fraction of sp³-hybridized carbons (Fsp3) is 0.263. The number of hydrogen-bond donors (Lipinski definition) is 2. The van der Waals surface area contributed by atoms with E-state index in [-0.39, 0.29) is 5.97 Å². The van der Waals surface area contributed by atoms with E-state index in [1.807, 2.05) is 36.4 Å². The molecule has 6 nitrogen and oxygen atoms in total. The largest absolute Gasteiger partial charge is 0.497 e. The van der Waals surface area contributed by atoms with Crippen LogP contribution in [-0.4, -0.2) is 33.2 Å². The van der Waals surface area contributed by atoms with E-state index in [9.17, 15) is 4.79 Å². The molecule has 132 valence electrons. The number of nitrogens with one attached hydrogen (secondary N) is 2. The zero-order chi connectivity index (χ0) is 18.1. The van der Waals surface area contributed by atoms with Gasteiger partial charge in [0.1, 0.15) is 5.75 Å². The van der Waals surface area contributed by atoms with Crippen LogP contribution in [-0.2, 0) is 17.8 Å². The van der Waals surface area contributed by atoms with Crippen molar-refractivity contribution < 1.29 is 14.3 Å². The van der Waals surface area contributed by atoms with Crippen LogP contribution in [0.25, 0.3) is 0 Å². The van der Waals surface area contributed by atoms with Gasteiger partial charge in [0.05, 0.1) is 19.8 Å². The molecule has 2 N–H and O–H groups in total. The van der Waals surface area contributed by atoms with Crippen molar-refractivity contribution in [3.63, 3.8) is 0 Å². The second-order valence-corrected chi connectivity index (χ2v) is 5.32. The molecule has 0 saturated heterocycles. The van der Waals surface area contributed by atoms with E-state index in [4.69, 9.17) is 4.74 Å². The van der Waals surface area contributed by atoms with Crippen molar-refractivity contribution in [1.29, 1.82) is 0 Å². The van der Waals surface area contributed by atoms with Crippen LogP contribution in [0, 0.1) is 0 Å². The lowest BCUT2D eigenvalue weighted by Crippen LogP contribution is -2.36. The SMILES string of the molecule is CN=C(NCc1ccc(C(=O)OC)cc1)NCc1cccc(OC)c1. The lowest BCUT2D eigenvalue weighted by atomic mass is 10.1. The van der Waals surface area contributed by atoms with Crippen molar-refractivity contribution in [2.45, 2.75) is 13.1 Å². The summed E-state index contributed by atoms with van der Waals surface area (Å²) in [7, 11) is 4.75. The lowest BCUT2D eigenvalue weighted by Gasteiger charge is -2.12. The smallest absolute Gasteiger partial charge is 0.337 e. The van der Waals surface area contributed by atoms with Crippen molar-refractivity contribution in [2.75, 3.05) is 21.3 Å². The Hall–Kier alpha value is -3.02. The van der Waals surface area contributed by atoms with Crippen LogP contribution in [0.15, 0.2) is 53.5 Å².